The van der Waals surface area contributed by atoms with Gasteiger partial charge in [0.05, 0.1) is 19.8 Å². The second-order valence-corrected chi connectivity index (χ2v) is 8.20. The summed E-state index contributed by atoms with van der Waals surface area (Å²) in [5.74, 6) is 3.13. The zero-order valence-corrected chi connectivity index (χ0v) is 22.2. The maximum absolute atomic E-state index is 5.84. The number of hydrogen-bond acceptors (Lipinski definition) is 5. The molecule has 0 saturated heterocycles. The molecule has 3 aromatic rings. The molecule has 0 saturated carbocycles. The van der Waals surface area contributed by atoms with Gasteiger partial charge in [-0.05, 0) is 47.9 Å². The van der Waals surface area contributed by atoms with Gasteiger partial charge in [-0.25, -0.2) is 9.98 Å². The molecule has 1 aliphatic heterocycles. The minimum atomic E-state index is 0. The molecule has 8 heteroatoms. The predicted octanol–water partition coefficient (Wildman–Crippen LogP) is 4.99. The number of rotatable bonds is 6. The summed E-state index contributed by atoms with van der Waals surface area (Å²) < 4.78 is 11.6. The zero-order chi connectivity index (χ0) is 23.0. The van der Waals surface area contributed by atoms with Crippen LogP contribution in [0.2, 0.25) is 0 Å². The Labute approximate surface area is 218 Å². The molecular formula is C26H32IN5O2. The van der Waals surface area contributed by atoms with Crippen LogP contribution in [-0.4, -0.2) is 38.3 Å². The average molecular weight is 573 g/mol. The number of anilines is 2. The summed E-state index contributed by atoms with van der Waals surface area (Å²) in [4.78, 5) is 11.2. The molecule has 4 rings (SSSR count). The summed E-state index contributed by atoms with van der Waals surface area (Å²) in [7, 11) is 3.96. The third kappa shape index (κ3) is 6.99. The van der Waals surface area contributed by atoms with Gasteiger partial charge in [0.1, 0.15) is 5.82 Å². The van der Waals surface area contributed by atoms with Crippen LogP contribution in [0.3, 0.4) is 0 Å². The summed E-state index contributed by atoms with van der Waals surface area (Å²) in [6, 6.07) is 18.3. The zero-order valence-electron chi connectivity index (χ0n) is 19.9. The Hall–Kier alpha value is -3.01. The molecule has 2 heterocycles. The molecular weight excluding hydrogens is 541 g/mol. The first-order chi connectivity index (χ1) is 16.1. The van der Waals surface area contributed by atoms with Crippen LogP contribution in [0.1, 0.15) is 23.1 Å². The van der Waals surface area contributed by atoms with Crippen molar-refractivity contribution in [1.82, 2.24) is 10.3 Å². The summed E-state index contributed by atoms with van der Waals surface area (Å²) in [5.41, 5.74) is 4.44. The van der Waals surface area contributed by atoms with E-state index in [1.54, 1.807) is 0 Å². The van der Waals surface area contributed by atoms with E-state index in [1.807, 2.05) is 49.5 Å². The lowest BCUT2D eigenvalue weighted by atomic mass is 10.1. The number of hydrogen-bond donors (Lipinski definition) is 2. The summed E-state index contributed by atoms with van der Waals surface area (Å²) in [6.07, 6.45) is 2.70. The topological polar surface area (TPSA) is 71.0 Å². The van der Waals surface area contributed by atoms with Gasteiger partial charge in [0.25, 0.3) is 0 Å². The van der Waals surface area contributed by atoms with Gasteiger partial charge in [-0.3, -0.25) is 0 Å². The molecule has 2 aromatic carbocycles. The maximum Gasteiger partial charge on any atom is 0.196 e. The van der Waals surface area contributed by atoms with Crippen molar-refractivity contribution in [1.29, 1.82) is 0 Å². The first kappa shape index (κ1) is 25.6. The largest absolute Gasteiger partial charge is 0.490 e. The van der Waals surface area contributed by atoms with Crippen molar-refractivity contribution < 1.29 is 9.47 Å². The second kappa shape index (κ2) is 12.5. The molecule has 1 aliphatic rings. The highest BCUT2D eigenvalue weighted by molar-refractivity contribution is 14.0. The van der Waals surface area contributed by atoms with E-state index >= 15 is 0 Å². The fourth-order valence-electron chi connectivity index (χ4n) is 3.48. The minimum absolute atomic E-state index is 0. The molecule has 1 aromatic heterocycles. The summed E-state index contributed by atoms with van der Waals surface area (Å²) in [6.45, 7) is 4.63. The minimum Gasteiger partial charge on any atom is -0.490 e. The fourth-order valence-corrected chi connectivity index (χ4v) is 3.48. The molecule has 0 atom stereocenters. The highest BCUT2D eigenvalue weighted by Crippen LogP contribution is 2.32. The molecule has 7 nitrogen and oxygen atoms in total. The highest BCUT2D eigenvalue weighted by atomic mass is 127. The summed E-state index contributed by atoms with van der Waals surface area (Å²) in [5, 5.41) is 6.89. The Morgan fingerprint density at radius 1 is 1.03 bits per heavy atom. The van der Waals surface area contributed by atoms with Crippen LogP contribution >= 0.6 is 24.0 Å². The maximum atomic E-state index is 5.84. The Bertz CT molecular complexity index is 1120. The molecule has 2 N–H and O–H groups in total. The van der Waals surface area contributed by atoms with Crippen LogP contribution in [0.25, 0.3) is 0 Å². The number of aryl methyl sites for hydroxylation is 1. The van der Waals surface area contributed by atoms with Gasteiger partial charge < -0.3 is 25.0 Å². The van der Waals surface area contributed by atoms with E-state index in [9.17, 15) is 0 Å². The highest BCUT2D eigenvalue weighted by Gasteiger charge is 2.12. The predicted molar refractivity (Wildman–Crippen MR) is 149 cm³/mol. The quantitative estimate of drug-likeness (QED) is 0.246. The normalized spacial score (nSPS) is 12.9. The summed E-state index contributed by atoms with van der Waals surface area (Å²) >= 11 is 0. The van der Waals surface area contributed by atoms with E-state index in [-0.39, 0.29) is 24.0 Å². The van der Waals surface area contributed by atoms with E-state index in [1.165, 1.54) is 11.1 Å². The molecule has 0 spiro atoms. The van der Waals surface area contributed by atoms with Gasteiger partial charge >= 0.3 is 0 Å². The Morgan fingerprint density at radius 2 is 1.82 bits per heavy atom. The number of guanidine groups is 1. The van der Waals surface area contributed by atoms with Gasteiger partial charge in [-0.1, -0.05) is 24.3 Å². The number of aliphatic imine (C=N–C) groups is 1. The Morgan fingerprint density at radius 3 is 2.62 bits per heavy atom. The third-order valence-corrected chi connectivity index (χ3v) is 5.41. The van der Waals surface area contributed by atoms with Gasteiger partial charge in [-0.15, -0.1) is 24.0 Å². The first-order valence-electron chi connectivity index (χ1n) is 11.2. The van der Waals surface area contributed by atoms with Crippen LogP contribution in [0.15, 0.2) is 65.8 Å². The monoisotopic (exact) mass is 573 g/mol. The lowest BCUT2D eigenvalue weighted by molar-refractivity contribution is 0.297. The first-order valence-corrected chi connectivity index (χ1v) is 11.2. The molecule has 180 valence electrons. The van der Waals surface area contributed by atoms with Crippen molar-refractivity contribution in [3.8, 4) is 11.5 Å². The van der Waals surface area contributed by atoms with E-state index in [0.717, 1.165) is 35.0 Å². The van der Waals surface area contributed by atoms with Crippen molar-refractivity contribution in [3.05, 3.63) is 77.5 Å². The van der Waals surface area contributed by atoms with Gasteiger partial charge in [0.15, 0.2) is 17.5 Å². The Kier molecular flexibility index (Phi) is 9.38. The lowest BCUT2D eigenvalue weighted by Crippen LogP contribution is -2.30. The van der Waals surface area contributed by atoms with Crippen LogP contribution in [-0.2, 0) is 13.1 Å². The number of halogens is 1. The third-order valence-electron chi connectivity index (χ3n) is 5.41. The van der Waals surface area contributed by atoms with Gasteiger partial charge in [-0.2, -0.15) is 0 Å². The number of nitrogens with zero attached hydrogens (tertiary/aromatic N) is 3. The number of ether oxygens (including phenoxy) is 2. The van der Waals surface area contributed by atoms with Crippen LogP contribution in [0.4, 0.5) is 11.5 Å². The van der Waals surface area contributed by atoms with Crippen molar-refractivity contribution in [2.24, 2.45) is 4.99 Å². The van der Waals surface area contributed by atoms with E-state index < -0.39 is 0 Å². The number of pyridine rings is 1. The Balaban J connectivity index is 0.00000324. The van der Waals surface area contributed by atoms with E-state index in [4.69, 9.17) is 14.5 Å². The van der Waals surface area contributed by atoms with Crippen LogP contribution in [0.5, 0.6) is 11.5 Å². The number of benzene rings is 2. The van der Waals surface area contributed by atoms with Gasteiger partial charge in [0.2, 0.25) is 0 Å². The van der Waals surface area contributed by atoms with Crippen LogP contribution < -0.4 is 25.0 Å². The van der Waals surface area contributed by atoms with Crippen molar-refractivity contribution in [3.63, 3.8) is 0 Å². The van der Waals surface area contributed by atoms with Crippen molar-refractivity contribution >= 4 is 41.4 Å². The smallest absolute Gasteiger partial charge is 0.196 e. The van der Waals surface area contributed by atoms with E-state index in [2.05, 4.69) is 52.9 Å². The number of nitrogens with one attached hydrogen (secondary N) is 2. The molecule has 0 amide bonds. The fraction of sp³-hybridized carbons (Fsp3) is 0.308. The molecule has 0 radical (unpaired) electrons. The van der Waals surface area contributed by atoms with Crippen molar-refractivity contribution in [2.45, 2.75) is 26.4 Å². The SMILES string of the molecule is Cc1ccccc1CNC(=NCc1ccnc(N(C)C)c1)Nc1ccc2c(c1)OCCCO2.I. The second-order valence-electron chi connectivity index (χ2n) is 8.20. The lowest BCUT2D eigenvalue weighted by Gasteiger charge is -2.16. The molecule has 34 heavy (non-hydrogen) atoms. The van der Waals surface area contributed by atoms with Crippen molar-refractivity contribution in [2.75, 3.05) is 37.5 Å². The molecule has 0 bridgehead atoms. The average Bonchev–Trinajstić information content (AvgIpc) is 3.07. The van der Waals surface area contributed by atoms with Crippen LogP contribution in [0, 0.1) is 6.92 Å². The van der Waals surface area contributed by atoms with E-state index in [0.29, 0.717) is 32.3 Å². The molecule has 0 aliphatic carbocycles. The van der Waals surface area contributed by atoms with Gasteiger partial charge in [0, 0.05) is 45.0 Å². The molecule has 0 fully saturated rings. The standard InChI is InChI=1S/C26H31N5O2.HI/c1-19-7-4-5-8-21(19)18-29-26(28-17-20-11-12-27-25(15-20)31(2)3)30-22-9-10-23-24(16-22)33-14-6-13-32-23;/h4-5,7-12,15-16H,6,13-14,17-18H2,1-3H3,(H2,28,29,30);1H. The number of aromatic nitrogens is 1. The molecule has 0 unspecified atom stereocenters. The number of fused-ring (bicyclic) bond motifs is 1.